The molecule has 2 aliphatic rings. The predicted molar refractivity (Wildman–Crippen MR) is 133 cm³/mol. The Hall–Kier alpha value is -4.38. The van der Waals surface area contributed by atoms with E-state index in [0.717, 1.165) is 16.2 Å². The summed E-state index contributed by atoms with van der Waals surface area (Å²) in [6, 6.07) is 6.92. The second-order valence-corrected chi connectivity index (χ2v) is 9.25. The molecule has 1 aromatic carbocycles. The van der Waals surface area contributed by atoms with Crippen LogP contribution in [-0.2, 0) is 14.3 Å². The molecule has 1 unspecified atom stereocenters. The van der Waals surface area contributed by atoms with E-state index < -0.39 is 29.5 Å². The molecule has 5 rings (SSSR count). The summed E-state index contributed by atoms with van der Waals surface area (Å²) in [5, 5.41) is 11.4. The molecule has 2 aromatic heterocycles. The first-order chi connectivity index (χ1) is 17.8. The van der Waals surface area contributed by atoms with Crippen LogP contribution in [0.25, 0.3) is 5.76 Å². The van der Waals surface area contributed by atoms with E-state index in [0.29, 0.717) is 36.2 Å². The topological polar surface area (TPSA) is 128 Å². The number of hydrogen-bond donors (Lipinski definition) is 1. The van der Waals surface area contributed by atoms with Crippen LogP contribution in [-0.4, -0.2) is 47.6 Å². The van der Waals surface area contributed by atoms with Crippen LogP contribution in [0.2, 0.25) is 0 Å². The van der Waals surface area contributed by atoms with Crippen molar-refractivity contribution < 1.29 is 38.1 Å². The third-order valence-corrected chi connectivity index (χ3v) is 6.94. The largest absolute Gasteiger partial charge is 0.507 e. The third kappa shape index (κ3) is 4.27. The van der Waals surface area contributed by atoms with E-state index in [2.05, 4.69) is 11.6 Å². The fourth-order valence-electron chi connectivity index (χ4n) is 4.12. The molecule has 0 radical (unpaired) electrons. The molecule has 0 bridgehead atoms. The number of carbonyl (C=O) groups excluding carboxylic acids is 3. The van der Waals surface area contributed by atoms with E-state index >= 15 is 0 Å². The molecule has 2 aliphatic heterocycles. The van der Waals surface area contributed by atoms with Crippen LogP contribution in [0, 0.1) is 13.8 Å². The number of aromatic nitrogens is 1. The Balaban J connectivity index is 1.63. The smallest absolute Gasteiger partial charge is 0.350 e. The van der Waals surface area contributed by atoms with Gasteiger partial charge < -0.3 is 23.7 Å². The Bertz CT molecular complexity index is 1470. The number of aryl methyl sites for hydroxylation is 2. The van der Waals surface area contributed by atoms with Gasteiger partial charge in [-0.2, -0.15) is 0 Å². The zero-order chi connectivity index (χ0) is 26.3. The van der Waals surface area contributed by atoms with Crippen molar-refractivity contribution in [2.45, 2.75) is 19.9 Å². The maximum atomic E-state index is 13.3. The lowest BCUT2D eigenvalue weighted by atomic mass is 9.99. The van der Waals surface area contributed by atoms with Gasteiger partial charge in [-0.3, -0.25) is 14.5 Å². The molecule has 1 amide bonds. The summed E-state index contributed by atoms with van der Waals surface area (Å²) >= 11 is 0.905. The molecule has 1 fully saturated rings. The summed E-state index contributed by atoms with van der Waals surface area (Å²) < 4.78 is 22.0. The zero-order valence-corrected chi connectivity index (χ0v) is 20.8. The van der Waals surface area contributed by atoms with Crippen molar-refractivity contribution in [3.63, 3.8) is 0 Å². The van der Waals surface area contributed by atoms with Crippen LogP contribution in [0.1, 0.15) is 38.5 Å². The maximum Gasteiger partial charge on any atom is 0.350 e. The van der Waals surface area contributed by atoms with Crippen molar-refractivity contribution in [3.8, 4) is 11.5 Å². The fourth-order valence-corrected chi connectivity index (χ4v) is 5.11. The van der Waals surface area contributed by atoms with Gasteiger partial charge in [-0.1, -0.05) is 24.0 Å². The van der Waals surface area contributed by atoms with Crippen LogP contribution in [0.15, 0.2) is 53.0 Å². The minimum Gasteiger partial charge on any atom is -0.507 e. The van der Waals surface area contributed by atoms with Crippen molar-refractivity contribution in [3.05, 3.63) is 76.2 Å². The third-order valence-electron chi connectivity index (χ3n) is 5.80. The van der Waals surface area contributed by atoms with E-state index in [4.69, 9.17) is 18.6 Å². The highest BCUT2D eigenvalue weighted by atomic mass is 32.1. The Morgan fingerprint density at radius 1 is 1.22 bits per heavy atom. The molecule has 10 nitrogen and oxygen atoms in total. The molecule has 0 aliphatic carbocycles. The number of anilines is 1. The molecule has 37 heavy (non-hydrogen) atoms. The maximum absolute atomic E-state index is 13.3. The summed E-state index contributed by atoms with van der Waals surface area (Å²) in [6.07, 6.45) is 1.44. The second kappa shape index (κ2) is 9.58. The zero-order valence-electron chi connectivity index (χ0n) is 20.0. The second-order valence-electron chi connectivity index (χ2n) is 8.27. The number of carbonyl (C=O) groups is 3. The quantitative estimate of drug-likeness (QED) is 0.167. The fraction of sp³-hybridized carbons (Fsp3) is 0.231. The van der Waals surface area contributed by atoms with E-state index in [1.807, 2.05) is 0 Å². The number of nitrogens with zero attached hydrogens (tertiary/aromatic N) is 2. The van der Waals surface area contributed by atoms with Gasteiger partial charge >= 0.3 is 11.9 Å². The lowest BCUT2D eigenvalue weighted by Gasteiger charge is -2.21. The molecule has 0 saturated carbocycles. The highest BCUT2D eigenvalue weighted by Gasteiger charge is 2.50. The number of Topliss-reactive ketones (excluding diaryl/α,β-unsaturated/α-hetero) is 1. The standard InChI is InChI=1S/C26H22N2O8S/c1-4-9-35-25(32)23-14(3)27-26(37-23)28-20(17-7-5-13(2)36-17)19(22(30)24(28)31)21(29)15-6-8-16-18(12-15)34-11-10-33-16/h4-8,12,20,29H,1,9-11H2,2-3H3. The van der Waals surface area contributed by atoms with Gasteiger partial charge in [0.1, 0.15) is 48.0 Å². The molecule has 190 valence electrons. The molecule has 11 heteroatoms. The Morgan fingerprint density at radius 3 is 2.68 bits per heavy atom. The van der Waals surface area contributed by atoms with E-state index in [1.54, 1.807) is 44.2 Å². The van der Waals surface area contributed by atoms with Crippen LogP contribution in [0.3, 0.4) is 0 Å². The summed E-state index contributed by atoms with van der Waals surface area (Å²) in [4.78, 5) is 44.8. The van der Waals surface area contributed by atoms with E-state index in [1.165, 1.54) is 6.08 Å². The van der Waals surface area contributed by atoms with Crippen LogP contribution in [0.5, 0.6) is 11.5 Å². The number of furan rings is 1. The summed E-state index contributed by atoms with van der Waals surface area (Å²) in [7, 11) is 0. The van der Waals surface area contributed by atoms with Crippen molar-refractivity contribution in [1.29, 1.82) is 0 Å². The first-order valence-electron chi connectivity index (χ1n) is 11.3. The van der Waals surface area contributed by atoms with Gasteiger partial charge in [0, 0.05) is 5.56 Å². The number of fused-ring (bicyclic) bond motifs is 1. The highest BCUT2D eigenvalue weighted by Crippen LogP contribution is 2.45. The lowest BCUT2D eigenvalue weighted by Crippen LogP contribution is -2.29. The molecular formula is C26H22N2O8S. The van der Waals surface area contributed by atoms with E-state index in [-0.39, 0.29) is 33.5 Å². The molecule has 3 aromatic rings. The summed E-state index contributed by atoms with van der Waals surface area (Å²) in [5.74, 6) is -1.16. The van der Waals surface area contributed by atoms with Gasteiger partial charge in [0.25, 0.3) is 5.78 Å². The van der Waals surface area contributed by atoms with Gasteiger partial charge in [-0.05, 0) is 44.2 Å². The minimum absolute atomic E-state index is 0.0111. The number of ketones is 1. The number of esters is 1. The van der Waals surface area contributed by atoms with Crippen molar-refractivity contribution >= 4 is 39.9 Å². The molecule has 4 heterocycles. The van der Waals surface area contributed by atoms with Crippen LogP contribution < -0.4 is 14.4 Å². The monoisotopic (exact) mass is 522 g/mol. The minimum atomic E-state index is -1.12. The number of benzene rings is 1. The summed E-state index contributed by atoms with van der Waals surface area (Å²) in [6.45, 7) is 7.59. The van der Waals surface area contributed by atoms with Crippen molar-refractivity contribution in [1.82, 2.24) is 4.98 Å². The van der Waals surface area contributed by atoms with Crippen LogP contribution in [0.4, 0.5) is 5.13 Å². The van der Waals surface area contributed by atoms with Gasteiger partial charge in [0.05, 0.1) is 11.3 Å². The molecule has 1 saturated heterocycles. The van der Waals surface area contributed by atoms with Gasteiger partial charge in [0.15, 0.2) is 16.6 Å². The number of thiazole rings is 1. The average Bonchev–Trinajstić information content (AvgIpc) is 3.57. The van der Waals surface area contributed by atoms with Crippen molar-refractivity contribution in [2.75, 3.05) is 24.7 Å². The van der Waals surface area contributed by atoms with Gasteiger partial charge in [0.2, 0.25) is 0 Å². The predicted octanol–water partition coefficient (Wildman–Crippen LogP) is 4.09. The number of hydrogen-bond acceptors (Lipinski definition) is 10. The molecule has 0 spiro atoms. The SMILES string of the molecule is C=CCOC(=O)c1sc(N2C(=O)C(=O)C(=C(O)c3ccc4c(c3)OCCO4)C2c2ccc(C)o2)nc1C. The van der Waals surface area contributed by atoms with Crippen LogP contribution >= 0.6 is 11.3 Å². The highest BCUT2D eigenvalue weighted by molar-refractivity contribution is 7.17. The normalized spacial score (nSPS) is 18.2. The first-order valence-corrected chi connectivity index (χ1v) is 12.1. The van der Waals surface area contributed by atoms with E-state index in [9.17, 15) is 19.5 Å². The number of amides is 1. The Kier molecular flexibility index (Phi) is 6.30. The Labute approximate surface area is 215 Å². The Morgan fingerprint density at radius 2 is 1.97 bits per heavy atom. The van der Waals surface area contributed by atoms with Gasteiger partial charge in [-0.15, -0.1) is 0 Å². The number of aliphatic hydroxyl groups excluding tert-OH is 1. The number of aliphatic hydroxyl groups is 1. The molecule has 1 atom stereocenters. The lowest BCUT2D eigenvalue weighted by molar-refractivity contribution is -0.132. The molecule has 1 N–H and O–H groups in total. The first kappa shape index (κ1) is 24.3. The van der Waals surface area contributed by atoms with Crippen molar-refractivity contribution in [2.24, 2.45) is 0 Å². The van der Waals surface area contributed by atoms with Gasteiger partial charge in [-0.25, -0.2) is 9.78 Å². The molecular weight excluding hydrogens is 500 g/mol. The number of rotatable bonds is 6. The average molecular weight is 523 g/mol. The number of ether oxygens (including phenoxy) is 3. The summed E-state index contributed by atoms with van der Waals surface area (Å²) in [5.41, 5.74) is 0.413.